The molecule has 1 fully saturated rings. The molecule has 0 bridgehead atoms. The van der Waals surface area contributed by atoms with Gasteiger partial charge in [-0.15, -0.1) is 5.10 Å². The number of nitrogens with zero attached hydrogens (tertiary/aromatic N) is 5. The van der Waals surface area contributed by atoms with Crippen molar-refractivity contribution >= 4 is 11.7 Å². The van der Waals surface area contributed by atoms with Crippen molar-refractivity contribution in [3.05, 3.63) is 42.0 Å². The Morgan fingerprint density at radius 3 is 2.76 bits per heavy atom. The van der Waals surface area contributed by atoms with E-state index in [0.29, 0.717) is 6.67 Å². The third-order valence-corrected chi connectivity index (χ3v) is 4.42. The first-order valence-corrected chi connectivity index (χ1v) is 8.66. The van der Waals surface area contributed by atoms with Gasteiger partial charge in [0.15, 0.2) is 0 Å². The molecule has 0 unspecified atom stereocenters. The molecule has 7 heteroatoms. The number of benzene rings is 1. The lowest BCUT2D eigenvalue weighted by Gasteiger charge is -2.31. The first-order chi connectivity index (χ1) is 12.2. The minimum atomic E-state index is -0.517. The second kappa shape index (κ2) is 8.11. The number of piperidine rings is 1. The number of ether oxygens (including phenoxy) is 1. The molecular formula is C18H25N5O2. The highest BCUT2D eigenvalue weighted by Crippen LogP contribution is 2.25. The van der Waals surface area contributed by atoms with Gasteiger partial charge in [0.05, 0.1) is 13.8 Å². The van der Waals surface area contributed by atoms with Crippen LogP contribution in [0.15, 0.2) is 30.6 Å². The van der Waals surface area contributed by atoms with Crippen molar-refractivity contribution in [3.63, 3.8) is 0 Å². The molecule has 2 aromatic rings. The molecule has 1 saturated heterocycles. The second-order valence-electron chi connectivity index (χ2n) is 6.43. The molecule has 25 heavy (non-hydrogen) atoms. The summed E-state index contributed by atoms with van der Waals surface area (Å²) in [7, 11) is 3.36. The largest absolute Gasteiger partial charge is 0.463 e. The third-order valence-electron chi connectivity index (χ3n) is 4.42. The minimum absolute atomic E-state index is 0.0876. The smallest absolute Gasteiger partial charge is 0.377 e. The molecule has 1 aliphatic rings. The maximum Gasteiger partial charge on any atom is 0.377 e. The van der Waals surface area contributed by atoms with Crippen LogP contribution in [0.3, 0.4) is 0 Å². The second-order valence-corrected chi connectivity index (χ2v) is 6.43. The topological polar surface area (TPSA) is 63.5 Å². The van der Waals surface area contributed by atoms with E-state index in [-0.39, 0.29) is 5.82 Å². The van der Waals surface area contributed by atoms with Gasteiger partial charge in [0.1, 0.15) is 6.33 Å². The molecule has 2 heterocycles. The molecule has 0 saturated carbocycles. The molecule has 1 aromatic heterocycles. The summed E-state index contributed by atoms with van der Waals surface area (Å²) in [5.74, 6) is -0.429. The van der Waals surface area contributed by atoms with E-state index in [1.54, 1.807) is 11.0 Å². The van der Waals surface area contributed by atoms with Gasteiger partial charge in [-0.3, -0.25) is 4.90 Å². The normalized spacial score (nSPS) is 14.8. The molecule has 3 rings (SSSR count). The molecule has 0 spiro atoms. The number of methoxy groups -OCH3 is 1. The molecule has 0 N–H and O–H groups in total. The molecule has 7 nitrogen and oxygen atoms in total. The van der Waals surface area contributed by atoms with Crippen molar-refractivity contribution in [3.8, 4) is 0 Å². The highest BCUT2D eigenvalue weighted by Gasteiger charge is 2.16. The van der Waals surface area contributed by atoms with E-state index >= 15 is 0 Å². The molecule has 0 amide bonds. The average Bonchev–Trinajstić information content (AvgIpc) is 3.10. The number of rotatable bonds is 6. The van der Waals surface area contributed by atoms with E-state index in [1.807, 2.05) is 7.05 Å². The predicted molar refractivity (Wildman–Crippen MR) is 95.3 cm³/mol. The first-order valence-electron chi connectivity index (χ1n) is 8.66. The number of para-hydroxylation sites is 1. The Morgan fingerprint density at radius 1 is 1.24 bits per heavy atom. The van der Waals surface area contributed by atoms with Crippen LogP contribution in [-0.4, -0.2) is 52.9 Å². The van der Waals surface area contributed by atoms with Crippen molar-refractivity contribution in [1.82, 2.24) is 19.7 Å². The SMILES string of the molecule is COC(=O)c1ncn(CN(C)Cc2ccccc2N2CCCCC2)n1. The van der Waals surface area contributed by atoms with E-state index in [0.717, 1.165) is 19.6 Å². The van der Waals surface area contributed by atoms with Gasteiger partial charge in [-0.2, -0.15) is 0 Å². The van der Waals surface area contributed by atoms with Crippen LogP contribution in [0, 0.1) is 0 Å². The summed E-state index contributed by atoms with van der Waals surface area (Å²) >= 11 is 0. The van der Waals surface area contributed by atoms with Crippen LogP contribution in [0.5, 0.6) is 0 Å². The minimum Gasteiger partial charge on any atom is -0.463 e. The van der Waals surface area contributed by atoms with Crippen molar-refractivity contribution < 1.29 is 9.53 Å². The van der Waals surface area contributed by atoms with Crippen LogP contribution in [-0.2, 0) is 18.0 Å². The number of esters is 1. The maximum atomic E-state index is 11.4. The fourth-order valence-corrected chi connectivity index (χ4v) is 3.22. The Hall–Kier alpha value is -2.41. The lowest BCUT2D eigenvalue weighted by atomic mass is 10.1. The van der Waals surface area contributed by atoms with Crippen LogP contribution in [0.25, 0.3) is 0 Å². The van der Waals surface area contributed by atoms with Gasteiger partial charge in [-0.1, -0.05) is 18.2 Å². The fraction of sp³-hybridized carbons (Fsp3) is 0.500. The maximum absolute atomic E-state index is 11.4. The van der Waals surface area contributed by atoms with Crippen molar-refractivity contribution in [2.24, 2.45) is 0 Å². The van der Waals surface area contributed by atoms with E-state index in [4.69, 9.17) is 0 Å². The van der Waals surface area contributed by atoms with Crippen molar-refractivity contribution in [2.45, 2.75) is 32.5 Å². The molecule has 0 atom stereocenters. The predicted octanol–water partition coefficient (Wildman–Crippen LogP) is 2.14. The Balaban J connectivity index is 1.65. The van der Waals surface area contributed by atoms with Gasteiger partial charge in [0.2, 0.25) is 0 Å². The third kappa shape index (κ3) is 4.36. The Kier molecular flexibility index (Phi) is 5.65. The molecule has 1 aliphatic heterocycles. The van der Waals surface area contributed by atoms with E-state index in [1.165, 1.54) is 37.6 Å². The summed E-state index contributed by atoms with van der Waals surface area (Å²) in [5, 5.41) is 4.15. The van der Waals surface area contributed by atoms with Crippen LogP contribution < -0.4 is 4.90 Å². The van der Waals surface area contributed by atoms with Crippen molar-refractivity contribution in [2.75, 3.05) is 32.1 Å². The quantitative estimate of drug-likeness (QED) is 0.749. The van der Waals surface area contributed by atoms with Crippen LogP contribution in [0.1, 0.15) is 35.4 Å². The van der Waals surface area contributed by atoms with Gasteiger partial charge >= 0.3 is 5.97 Å². The zero-order valence-corrected chi connectivity index (χ0v) is 14.9. The number of carbonyl (C=O) groups is 1. The number of aromatic nitrogens is 3. The summed E-state index contributed by atoms with van der Waals surface area (Å²) in [6.45, 7) is 3.62. The van der Waals surface area contributed by atoms with Crippen molar-refractivity contribution in [1.29, 1.82) is 0 Å². The lowest BCUT2D eigenvalue weighted by molar-refractivity contribution is 0.0585. The average molecular weight is 343 g/mol. The number of hydrogen-bond acceptors (Lipinski definition) is 6. The molecular weight excluding hydrogens is 318 g/mol. The standard InChI is InChI=1S/C18H25N5O2/c1-21(14-23-13-19-17(20-23)18(24)25-2)12-15-8-4-5-9-16(15)22-10-6-3-7-11-22/h4-5,8-9,13H,3,6-7,10-12,14H2,1-2H3. The monoisotopic (exact) mass is 343 g/mol. The summed E-state index contributed by atoms with van der Waals surface area (Å²) < 4.78 is 6.29. The number of hydrogen-bond donors (Lipinski definition) is 0. The van der Waals surface area contributed by atoms with Gasteiger partial charge in [-0.25, -0.2) is 14.5 Å². The molecule has 134 valence electrons. The van der Waals surface area contributed by atoms with Crippen LogP contribution in [0.4, 0.5) is 5.69 Å². The summed E-state index contributed by atoms with van der Waals surface area (Å²) in [5.41, 5.74) is 2.63. The van der Waals surface area contributed by atoms with Crippen LogP contribution >= 0.6 is 0 Å². The highest BCUT2D eigenvalue weighted by molar-refractivity contribution is 5.84. The summed E-state index contributed by atoms with van der Waals surface area (Å²) in [4.78, 5) is 20.1. The highest BCUT2D eigenvalue weighted by atomic mass is 16.5. The van der Waals surface area contributed by atoms with E-state index in [2.05, 4.69) is 48.9 Å². The first kappa shape index (κ1) is 17.4. The number of anilines is 1. The Labute approximate surface area is 148 Å². The molecule has 0 aliphatic carbocycles. The van der Waals surface area contributed by atoms with E-state index in [9.17, 15) is 4.79 Å². The molecule has 0 radical (unpaired) electrons. The van der Waals surface area contributed by atoms with Gasteiger partial charge in [-0.05, 0) is 37.9 Å². The van der Waals surface area contributed by atoms with E-state index < -0.39 is 5.97 Å². The zero-order chi connectivity index (χ0) is 17.6. The summed E-state index contributed by atoms with van der Waals surface area (Å²) in [6.07, 6.45) is 5.41. The van der Waals surface area contributed by atoms with Gasteiger partial charge in [0.25, 0.3) is 5.82 Å². The number of carbonyl (C=O) groups excluding carboxylic acids is 1. The van der Waals surface area contributed by atoms with Crippen LogP contribution in [0.2, 0.25) is 0 Å². The lowest BCUT2D eigenvalue weighted by Crippen LogP contribution is -2.31. The van der Waals surface area contributed by atoms with Gasteiger partial charge < -0.3 is 9.64 Å². The Morgan fingerprint density at radius 2 is 2.00 bits per heavy atom. The van der Waals surface area contributed by atoms with Gasteiger partial charge in [0, 0.05) is 25.3 Å². The molecule has 1 aromatic carbocycles. The Bertz CT molecular complexity index is 709. The fourth-order valence-electron chi connectivity index (χ4n) is 3.22. The zero-order valence-electron chi connectivity index (χ0n) is 14.9. The summed E-state index contributed by atoms with van der Waals surface area (Å²) in [6, 6.07) is 8.58.